The van der Waals surface area contributed by atoms with Crippen molar-refractivity contribution in [3.63, 3.8) is 0 Å². The van der Waals surface area contributed by atoms with E-state index in [0.717, 1.165) is 16.5 Å². The molecule has 0 radical (unpaired) electrons. The molecule has 0 amide bonds. The largest absolute Gasteiger partial charge is 0.382 e. The lowest BCUT2D eigenvalue weighted by Gasteiger charge is -2.01. The number of anilines is 1. The van der Waals surface area contributed by atoms with Gasteiger partial charge >= 0.3 is 0 Å². The molecular formula is C9H12Cl2N4. The molecule has 0 aromatic carbocycles. The Hall–Kier alpha value is -1.10. The second kappa shape index (κ2) is 5.70. The number of fused-ring (bicyclic) bond motifs is 1. The molecule has 0 aliphatic heterocycles. The quantitative estimate of drug-likeness (QED) is 0.800. The van der Waals surface area contributed by atoms with E-state index in [0.29, 0.717) is 12.4 Å². The Morgan fingerprint density at radius 2 is 1.93 bits per heavy atom. The van der Waals surface area contributed by atoms with E-state index in [4.69, 9.17) is 11.5 Å². The number of halogens is 2. The summed E-state index contributed by atoms with van der Waals surface area (Å²) in [4.78, 5) is 8.13. The minimum atomic E-state index is 0. The number of nitrogens with two attached hydrogens (primary N) is 2. The van der Waals surface area contributed by atoms with Crippen LogP contribution in [0.25, 0.3) is 10.9 Å². The van der Waals surface area contributed by atoms with Crippen LogP contribution in [0.3, 0.4) is 0 Å². The van der Waals surface area contributed by atoms with Crippen molar-refractivity contribution in [2.75, 3.05) is 5.73 Å². The zero-order valence-corrected chi connectivity index (χ0v) is 9.52. The van der Waals surface area contributed by atoms with Crippen LogP contribution < -0.4 is 11.5 Å². The van der Waals surface area contributed by atoms with Crippen molar-refractivity contribution in [2.45, 2.75) is 6.54 Å². The number of aromatic nitrogens is 2. The lowest BCUT2D eigenvalue weighted by molar-refractivity contribution is 1.06. The lowest BCUT2D eigenvalue weighted by atomic mass is 10.2. The molecule has 0 fully saturated rings. The fraction of sp³-hybridized carbons (Fsp3) is 0.111. The van der Waals surface area contributed by atoms with Crippen LogP contribution >= 0.6 is 24.8 Å². The molecule has 2 aromatic rings. The maximum absolute atomic E-state index is 5.64. The Morgan fingerprint density at radius 3 is 2.60 bits per heavy atom. The highest BCUT2D eigenvalue weighted by atomic mass is 35.5. The summed E-state index contributed by atoms with van der Waals surface area (Å²) in [6.45, 7) is 0.491. The summed E-state index contributed by atoms with van der Waals surface area (Å²) in [6, 6.07) is 3.85. The Labute approximate surface area is 99.9 Å². The van der Waals surface area contributed by atoms with Gasteiger partial charge in [0, 0.05) is 24.3 Å². The number of hydrogen-bond acceptors (Lipinski definition) is 4. The second-order valence-corrected chi connectivity index (χ2v) is 2.82. The fourth-order valence-corrected chi connectivity index (χ4v) is 1.24. The summed E-state index contributed by atoms with van der Waals surface area (Å²) >= 11 is 0. The molecular weight excluding hydrogens is 235 g/mol. The summed E-state index contributed by atoms with van der Waals surface area (Å²) in [5.41, 5.74) is 12.9. The Balaban J connectivity index is 0.000000980. The van der Waals surface area contributed by atoms with Gasteiger partial charge in [0.05, 0.1) is 0 Å². The van der Waals surface area contributed by atoms with Gasteiger partial charge in [-0.3, -0.25) is 4.98 Å². The van der Waals surface area contributed by atoms with Crippen LogP contribution in [0.5, 0.6) is 0 Å². The van der Waals surface area contributed by atoms with Crippen molar-refractivity contribution in [2.24, 2.45) is 5.73 Å². The van der Waals surface area contributed by atoms with Gasteiger partial charge in [-0.25, -0.2) is 4.98 Å². The van der Waals surface area contributed by atoms with E-state index in [9.17, 15) is 0 Å². The smallest absolute Gasteiger partial charge is 0.149 e. The van der Waals surface area contributed by atoms with Gasteiger partial charge in [0.15, 0.2) is 0 Å². The molecule has 0 saturated carbocycles. The molecule has 2 aromatic heterocycles. The summed E-state index contributed by atoms with van der Waals surface area (Å²) in [5.74, 6) is 0.459. The zero-order valence-electron chi connectivity index (χ0n) is 7.88. The highest BCUT2D eigenvalue weighted by Gasteiger charge is 1.99. The van der Waals surface area contributed by atoms with Gasteiger partial charge in [0.1, 0.15) is 11.3 Å². The topological polar surface area (TPSA) is 77.8 Å². The molecule has 0 saturated heterocycles. The minimum absolute atomic E-state index is 0. The van der Waals surface area contributed by atoms with E-state index in [1.807, 2.05) is 12.1 Å². The average molecular weight is 247 g/mol. The van der Waals surface area contributed by atoms with Crippen LogP contribution in [0.15, 0.2) is 24.5 Å². The van der Waals surface area contributed by atoms with E-state index >= 15 is 0 Å². The third-order valence-corrected chi connectivity index (χ3v) is 1.92. The monoisotopic (exact) mass is 246 g/mol. The van der Waals surface area contributed by atoms with Crippen LogP contribution in [-0.4, -0.2) is 9.97 Å². The van der Waals surface area contributed by atoms with Gasteiger partial charge in [-0.2, -0.15) is 0 Å². The molecule has 0 unspecified atom stereocenters. The van der Waals surface area contributed by atoms with Crippen LogP contribution in [-0.2, 0) is 6.54 Å². The van der Waals surface area contributed by atoms with Crippen molar-refractivity contribution < 1.29 is 0 Å². The molecule has 4 N–H and O–H groups in total. The summed E-state index contributed by atoms with van der Waals surface area (Å²) in [6.07, 6.45) is 3.39. The van der Waals surface area contributed by atoms with E-state index < -0.39 is 0 Å². The standard InChI is InChI=1S/C9H10N4.2ClH/c10-4-6-3-7-1-2-12-9(11)8(7)13-5-6;;/h1-3,5H,4,10H2,(H2,11,12);2*1H. The van der Waals surface area contributed by atoms with Crippen molar-refractivity contribution in [1.82, 2.24) is 9.97 Å². The third kappa shape index (κ3) is 2.68. The Bertz CT molecular complexity index is 447. The minimum Gasteiger partial charge on any atom is -0.382 e. The molecule has 6 heteroatoms. The Kier molecular flexibility index (Phi) is 5.28. The summed E-state index contributed by atoms with van der Waals surface area (Å²) in [5, 5.41) is 0.982. The molecule has 0 bridgehead atoms. The first-order valence-corrected chi connectivity index (χ1v) is 4.00. The molecule has 2 rings (SSSR count). The first kappa shape index (κ1) is 13.9. The zero-order chi connectivity index (χ0) is 9.26. The van der Waals surface area contributed by atoms with E-state index in [-0.39, 0.29) is 24.8 Å². The van der Waals surface area contributed by atoms with Crippen LogP contribution in [0.2, 0.25) is 0 Å². The van der Waals surface area contributed by atoms with Gasteiger partial charge in [0.2, 0.25) is 0 Å². The fourth-order valence-electron chi connectivity index (χ4n) is 1.24. The molecule has 2 heterocycles. The predicted molar refractivity (Wildman–Crippen MR) is 66.3 cm³/mol. The number of nitrogen functional groups attached to an aromatic ring is 1. The van der Waals surface area contributed by atoms with Gasteiger partial charge in [-0.15, -0.1) is 24.8 Å². The lowest BCUT2D eigenvalue weighted by Crippen LogP contribution is -1.98. The van der Waals surface area contributed by atoms with E-state index in [2.05, 4.69) is 9.97 Å². The SMILES string of the molecule is Cl.Cl.NCc1cnc2c(N)nccc2c1. The molecule has 82 valence electrons. The van der Waals surface area contributed by atoms with Gasteiger partial charge < -0.3 is 11.5 Å². The van der Waals surface area contributed by atoms with Crippen molar-refractivity contribution in [3.8, 4) is 0 Å². The van der Waals surface area contributed by atoms with Crippen LogP contribution in [0, 0.1) is 0 Å². The molecule has 4 nitrogen and oxygen atoms in total. The van der Waals surface area contributed by atoms with Crippen LogP contribution in [0.1, 0.15) is 5.56 Å². The highest BCUT2D eigenvalue weighted by Crippen LogP contribution is 2.16. The second-order valence-electron chi connectivity index (χ2n) is 2.82. The summed E-state index contributed by atoms with van der Waals surface area (Å²) < 4.78 is 0. The molecule has 0 aliphatic rings. The Morgan fingerprint density at radius 1 is 1.20 bits per heavy atom. The maximum Gasteiger partial charge on any atom is 0.149 e. The predicted octanol–water partition coefficient (Wildman–Crippen LogP) is 1.51. The van der Waals surface area contributed by atoms with Crippen LogP contribution in [0.4, 0.5) is 5.82 Å². The third-order valence-electron chi connectivity index (χ3n) is 1.92. The van der Waals surface area contributed by atoms with E-state index in [1.165, 1.54) is 0 Å². The number of rotatable bonds is 1. The van der Waals surface area contributed by atoms with Gasteiger partial charge in [-0.05, 0) is 17.7 Å². The van der Waals surface area contributed by atoms with Gasteiger partial charge in [-0.1, -0.05) is 0 Å². The number of hydrogen-bond donors (Lipinski definition) is 2. The molecule has 0 aliphatic carbocycles. The highest BCUT2D eigenvalue weighted by molar-refractivity contribution is 5.87. The number of pyridine rings is 2. The molecule has 0 atom stereocenters. The van der Waals surface area contributed by atoms with E-state index in [1.54, 1.807) is 12.4 Å². The first-order chi connectivity index (χ1) is 6.31. The first-order valence-electron chi connectivity index (χ1n) is 4.00. The average Bonchev–Trinajstić information content (AvgIpc) is 2.18. The summed E-state index contributed by atoms with van der Waals surface area (Å²) in [7, 11) is 0. The molecule has 0 spiro atoms. The maximum atomic E-state index is 5.64. The van der Waals surface area contributed by atoms with Crippen molar-refractivity contribution >= 4 is 41.5 Å². The number of nitrogens with zero attached hydrogens (tertiary/aromatic N) is 2. The van der Waals surface area contributed by atoms with Crippen molar-refractivity contribution in [1.29, 1.82) is 0 Å². The van der Waals surface area contributed by atoms with Gasteiger partial charge in [0.25, 0.3) is 0 Å². The van der Waals surface area contributed by atoms with Crippen molar-refractivity contribution in [3.05, 3.63) is 30.1 Å². The normalized spacial score (nSPS) is 9.13. The molecule has 15 heavy (non-hydrogen) atoms.